The molecule has 3 aromatic rings. The fourth-order valence-electron chi connectivity index (χ4n) is 3.48. The molecule has 0 unspecified atom stereocenters. The number of nitrogens with zero attached hydrogens (tertiary/aromatic N) is 4. The number of carbonyl (C=O) groups excluding carboxylic acids is 2. The van der Waals surface area contributed by atoms with E-state index < -0.39 is 34.2 Å². The number of methoxy groups -OCH3 is 1. The first kappa shape index (κ1) is 22.0. The molecule has 0 radical (unpaired) electrons. The maximum Gasteiger partial charge on any atom is 0.301 e. The van der Waals surface area contributed by atoms with E-state index in [0.29, 0.717) is 10.6 Å². The van der Waals surface area contributed by atoms with E-state index in [1.807, 2.05) is 0 Å². The summed E-state index contributed by atoms with van der Waals surface area (Å²) in [5, 5.41) is 30.5. The number of non-ortho nitro benzene ring substituents is 1. The van der Waals surface area contributed by atoms with E-state index in [9.17, 15) is 29.2 Å². The van der Waals surface area contributed by atoms with E-state index in [1.54, 1.807) is 6.92 Å². The minimum Gasteiger partial charge on any atom is -0.507 e. The summed E-state index contributed by atoms with van der Waals surface area (Å²) < 4.78 is 19.1. The number of rotatable bonds is 5. The fraction of sp³-hybridized carbons (Fsp3) is 0.143. The van der Waals surface area contributed by atoms with E-state index >= 15 is 0 Å². The number of halogens is 1. The monoisotopic (exact) mass is 470 g/mol. The van der Waals surface area contributed by atoms with E-state index in [2.05, 4.69) is 10.2 Å². The Morgan fingerprint density at radius 1 is 1.21 bits per heavy atom. The third-order valence-corrected chi connectivity index (χ3v) is 5.85. The first-order valence-electron chi connectivity index (χ1n) is 9.42. The highest BCUT2D eigenvalue weighted by Gasteiger charge is 2.48. The number of benzene rings is 2. The van der Waals surface area contributed by atoms with Gasteiger partial charge in [-0.3, -0.25) is 24.6 Å². The molecule has 1 aliphatic rings. The Kier molecular flexibility index (Phi) is 5.60. The van der Waals surface area contributed by atoms with Crippen LogP contribution in [-0.2, 0) is 9.59 Å². The summed E-state index contributed by atoms with van der Waals surface area (Å²) in [4.78, 5) is 37.5. The van der Waals surface area contributed by atoms with Crippen molar-refractivity contribution in [2.45, 2.75) is 13.0 Å². The first-order valence-corrected chi connectivity index (χ1v) is 10.2. The Labute approximate surface area is 189 Å². The zero-order valence-electron chi connectivity index (χ0n) is 17.2. The quantitative estimate of drug-likeness (QED) is 0.197. The number of aryl methyl sites for hydroxylation is 1. The number of nitro groups is 1. The number of anilines is 1. The lowest BCUT2D eigenvalue weighted by Gasteiger charge is -2.22. The molecule has 0 bridgehead atoms. The van der Waals surface area contributed by atoms with Gasteiger partial charge in [-0.2, -0.15) is 0 Å². The predicted molar refractivity (Wildman–Crippen MR) is 115 cm³/mol. The van der Waals surface area contributed by atoms with Crippen LogP contribution in [0.3, 0.4) is 0 Å². The second-order valence-electron chi connectivity index (χ2n) is 6.97. The third-order valence-electron chi connectivity index (χ3n) is 5.01. The lowest BCUT2D eigenvalue weighted by Crippen LogP contribution is -2.29. The Balaban J connectivity index is 1.92. The van der Waals surface area contributed by atoms with Crippen LogP contribution in [-0.4, -0.2) is 39.0 Å². The van der Waals surface area contributed by atoms with Gasteiger partial charge in [0.15, 0.2) is 11.6 Å². The number of aliphatic hydroxyl groups excluding tert-OH is 1. The second-order valence-corrected chi connectivity index (χ2v) is 8.13. The summed E-state index contributed by atoms with van der Waals surface area (Å²) >= 11 is 1.06. The summed E-state index contributed by atoms with van der Waals surface area (Å²) in [6.07, 6.45) is 0. The largest absolute Gasteiger partial charge is 0.507 e. The SMILES string of the molecule is COc1ccc(C(O)=C2C(=O)C(=O)N(c3nnc(C)s3)[C@@H]2c2ccc([N+](=O)[O-])cc2)cc1F. The molecule has 168 valence electrons. The molecular formula is C21H15FN4O6S. The van der Waals surface area contributed by atoms with Gasteiger partial charge in [0.1, 0.15) is 10.8 Å². The molecule has 2 heterocycles. The fourth-order valence-corrected chi connectivity index (χ4v) is 4.19. The molecule has 12 heteroatoms. The molecule has 1 N–H and O–H groups in total. The number of aromatic nitrogens is 2. The lowest BCUT2D eigenvalue weighted by molar-refractivity contribution is -0.384. The van der Waals surface area contributed by atoms with Crippen molar-refractivity contribution in [3.8, 4) is 5.75 Å². The minimum absolute atomic E-state index is 0.0494. The molecule has 1 fully saturated rings. The van der Waals surface area contributed by atoms with Crippen LogP contribution in [0.1, 0.15) is 22.2 Å². The van der Waals surface area contributed by atoms with Crippen molar-refractivity contribution in [2.24, 2.45) is 0 Å². The number of aliphatic hydroxyl groups is 1. The Morgan fingerprint density at radius 2 is 1.91 bits per heavy atom. The number of amides is 1. The van der Waals surface area contributed by atoms with Gasteiger partial charge in [0, 0.05) is 17.7 Å². The van der Waals surface area contributed by atoms with Gasteiger partial charge < -0.3 is 9.84 Å². The van der Waals surface area contributed by atoms with Crippen molar-refractivity contribution in [2.75, 3.05) is 12.0 Å². The number of hydrogen-bond acceptors (Lipinski definition) is 9. The van der Waals surface area contributed by atoms with Gasteiger partial charge in [0.25, 0.3) is 11.5 Å². The smallest absolute Gasteiger partial charge is 0.301 e. The molecule has 1 atom stereocenters. The molecule has 4 rings (SSSR count). The van der Waals surface area contributed by atoms with Crippen molar-refractivity contribution in [3.63, 3.8) is 0 Å². The van der Waals surface area contributed by atoms with Crippen LogP contribution in [0.4, 0.5) is 15.2 Å². The maximum atomic E-state index is 14.3. The molecule has 33 heavy (non-hydrogen) atoms. The van der Waals surface area contributed by atoms with Crippen LogP contribution in [0.15, 0.2) is 48.0 Å². The summed E-state index contributed by atoms with van der Waals surface area (Å²) in [7, 11) is 1.28. The van der Waals surface area contributed by atoms with Crippen LogP contribution in [0, 0.1) is 22.9 Å². The zero-order chi connectivity index (χ0) is 23.9. The average molecular weight is 470 g/mol. The van der Waals surface area contributed by atoms with Crippen LogP contribution >= 0.6 is 11.3 Å². The highest BCUT2D eigenvalue weighted by Crippen LogP contribution is 2.43. The number of ketones is 1. The number of hydrogen-bond donors (Lipinski definition) is 1. The number of carbonyl (C=O) groups is 2. The molecule has 0 saturated carbocycles. The molecule has 2 aromatic carbocycles. The van der Waals surface area contributed by atoms with Crippen LogP contribution < -0.4 is 9.64 Å². The zero-order valence-corrected chi connectivity index (χ0v) is 18.0. The molecule has 1 aromatic heterocycles. The average Bonchev–Trinajstić information content (AvgIpc) is 3.34. The Hall–Kier alpha value is -4.19. The van der Waals surface area contributed by atoms with Gasteiger partial charge in [-0.15, -0.1) is 10.2 Å². The first-order chi connectivity index (χ1) is 15.7. The van der Waals surface area contributed by atoms with Gasteiger partial charge in [0.05, 0.1) is 23.6 Å². The van der Waals surface area contributed by atoms with Crippen LogP contribution in [0.5, 0.6) is 5.75 Å². The van der Waals surface area contributed by atoms with Gasteiger partial charge in [-0.25, -0.2) is 4.39 Å². The van der Waals surface area contributed by atoms with Gasteiger partial charge in [0.2, 0.25) is 5.13 Å². The molecule has 1 saturated heterocycles. The van der Waals surface area contributed by atoms with Crippen LogP contribution in [0.2, 0.25) is 0 Å². The number of Topliss-reactive ketones (excluding diaryl/α,β-unsaturated/α-hetero) is 1. The molecule has 0 aliphatic carbocycles. The highest BCUT2D eigenvalue weighted by atomic mass is 32.1. The van der Waals surface area contributed by atoms with E-state index in [4.69, 9.17) is 4.74 Å². The number of nitro benzene ring substituents is 1. The molecule has 1 aliphatic heterocycles. The second kappa shape index (κ2) is 8.39. The topological polar surface area (TPSA) is 136 Å². The minimum atomic E-state index is -1.16. The Morgan fingerprint density at radius 3 is 2.45 bits per heavy atom. The van der Waals surface area contributed by atoms with Crippen molar-refractivity contribution in [3.05, 3.63) is 80.1 Å². The lowest BCUT2D eigenvalue weighted by atomic mass is 9.95. The molecule has 10 nitrogen and oxygen atoms in total. The summed E-state index contributed by atoms with van der Waals surface area (Å²) in [6.45, 7) is 1.67. The maximum absolute atomic E-state index is 14.3. The van der Waals surface area contributed by atoms with E-state index in [-0.39, 0.29) is 27.7 Å². The predicted octanol–water partition coefficient (Wildman–Crippen LogP) is 3.53. The molecule has 1 amide bonds. The Bertz CT molecular complexity index is 1320. The summed E-state index contributed by atoms with van der Waals surface area (Å²) in [5.41, 5.74) is -0.249. The van der Waals surface area contributed by atoms with Crippen molar-refractivity contribution in [1.82, 2.24) is 10.2 Å². The van der Waals surface area contributed by atoms with Crippen molar-refractivity contribution >= 4 is 39.6 Å². The summed E-state index contributed by atoms with van der Waals surface area (Å²) in [5.74, 6) is -3.43. The third kappa shape index (κ3) is 3.80. The van der Waals surface area contributed by atoms with Gasteiger partial charge in [-0.05, 0) is 42.8 Å². The van der Waals surface area contributed by atoms with Crippen LogP contribution in [0.25, 0.3) is 5.76 Å². The number of ether oxygens (including phenoxy) is 1. The van der Waals surface area contributed by atoms with E-state index in [0.717, 1.165) is 22.3 Å². The molecular weight excluding hydrogens is 455 g/mol. The normalized spacial score (nSPS) is 17.4. The molecule has 0 spiro atoms. The van der Waals surface area contributed by atoms with Gasteiger partial charge in [-0.1, -0.05) is 11.3 Å². The summed E-state index contributed by atoms with van der Waals surface area (Å²) in [6, 6.07) is 7.60. The highest BCUT2D eigenvalue weighted by molar-refractivity contribution is 7.15. The standard InChI is InChI=1S/C21H15FN4O6S/c1-10-23-24-21(33-10)25-17(11-3-6-13(7-4-11)26(30)31)16(19(28)20(25)29)18(27)12-5-8-15(32-2)14(22)9-12/h3-9,17,27H,1-2H3/t17-/m1/s1. The van der Waals surface area contributed by atoms with Gasteiger partial charge >= 0.3 is 5.91 Å². The van der Waals surface area contributed by atoms with Crippen molar-refractivity contribution < 1.29 is 28.7 Å². The van der Waals surface area contributed by atoms with E-state index in [1.165, 1.54) is 43.5 Å². The van der Waals surface area contributed by atoms with Crippen molar-refractivity contribution in [1.29, 1.82) is 0 Å².